The smallest absolute Gasteiger partial charge is 0.327 e. The van der Waals surface area contributed by atoms with Crippen LogP contribution in [0, 0.1) is 0 Å². The van der Waals surface area contributed by atoms with Crippen LogP contribution in [0.5, 0.6) is 11.5 Å². The van der Waals surface area contributed by atoms with E-state index in [1.807, 2.05) is 67.6 Å². The van der Waals surface area contributed by atoms with E-state index < -0.39 is 6.04 Å². The lowest BCUT2D eigenvalue weighted by atomic mass is 9.93. The second-order valence-corrected chi connectivity index (χ2v) is 8.67. The molecule has 1 aliphatic rings. The number of ether oxygens (including phenoxy) is 2. The second-order valence-electron chi connectivity index (χ2n) is 8.67. The van der Waals surface area contributed by atoms with E-state index in [0.29, 0.717) is 28.8 Å². The molecule has 1 unspecified atom stereocenters. The number of carbonyl (C=O) groups is 1. The molecule has 0 spiro atoms. The van der Waals surface area contributed by atoms with E-state index in [4.69, 9.17) is 19.0 Å². The lowest BCUT2D eigenvalue weighted by Gasteiger charge is -2.35. The van der Waals surface area contributed by atoms with Gasteiger partial charge in [0.05, 0.1) is 31.5 Å². The van der Waals surface area contributed by atoms with Crippen molar-refractivity contribution in [1.29, 1.82) is 0 Å². The Morgan fingerprint density at radius 1 is 0.973 bits per heavy atom. The number of anilines is 1. The number of methoxy groups -OCH3 is 2. The van der Waals surface area contributed by atoms with Gasteiger partial charge in [-0.1, -0.05) is 42.4 Å². The van der Waals surface area contributed by atoms with Crippen LogP contribution in [0.15, 0.2) is 83.0 Å². The van der Waals surface area contributed by atoms with Crippen LogP contribution in [0.4, 0.5) is 10.5 Å². The van der Waals surface area contributed by atoms with Gasteiger partial charge in [0.1, 0.15) is 11.5 Å². The lowest BCUT2D eigenvalue weighted by Crippen LogP contribution is -2.46. The van der Waals surface area contributed by atoms with Crippen molar-refractivity contribution in [2.24, 2.45) is 0 Å². The van der Waals surface area contributed by atoms with E-state index in [2.05, 4.69) is 29.5 Å². The molecule has 8 heteroatoms. The molecule has 0 saturated heterocycles. The summed E-state index contributed by atoms with van der Waals surface area (Å²) in [5, 5.41) is 7.38. The number of allylic oxidation sites excluding steroid dienone is 1. The number of nitrogens with zero attached hydrogens (tertiary/aromatic N) is 3. The first-order valence-corrected chi connectivity index (χ1v) is 12.0. The van der Waals surface area contributed by atoms with Crippen LogP contribution in [-0.2, 0) is 6.42 Å². The first-order valence-electron chi connectivity index (χ1n) is 12.0. The number of amides is 2. The number of aromatic nitrogens is 2. The lowest BCUT2D eigenvalue weighted by molar-refractivity contribution is 0.244. The molecule has 4 aromatic rings. The maximum atomic E-state index is 13.4. The zero-order valence-corrected chi connectivity index (χ0v) is 21.2. The summed E-state index contributed by atoms with van der Waals surface area (Å²) >= 11 is 0. The van der Waals surface area contributed by atoms with Crippen LogP contribution in [0.2, 0.25) is 0 Å². The summed E-state index contributed by atoms with van der Waals surface area (Å²) in [6.45, 7) is 4.00. The number of aryl methyl sites for hydroxylation is 1. The minimum atomic E-state index is -0.468. The number of carbonyl (C=O) groups excluding carboxylic acids is 1. The molecule has 0 aliphatic carbocycles. The number of urea groups is 1. The van der Waals surface area contributed by atoms with Gasteiger partial charge in [0.15, 0.2) is 0 Å². The van der Waals surface area contributed by atoms with Crippen LogP contribution in [0.1, 0.15) is 36.9 Å². The first kappa shape index (κ1) is 24.1. The average molecular weight is 497 g/mol. The molecule has 1 N–H and O–H groups in total. The van der Waals surface area contributed by atoms with Gasteiger partial charge < -0.3 is 19.3 Å². The Bertz CT molecular complexity index is 1440. The molecule has 8 nitrogen and oxygen atoms in total. The van der Waals surface area contributed by atoms with Crippen LogP contribution < -0.4 is 19.7 Å². The highest BCUT2D eigenvalue weighted by atomic mass is 16.5. The minimum Gasteiger partial charge on any atom is -0.497 e. The van der Waals surface area contributed by atoms with Gasteiger partial charge in [0, 0.05) is 17.3 Å². The average Bonchev–Trinajstić information content (AvgIpc) is 3.42. The van der Waals surface area contributed by atoms with E-state index in [9.17, 15) is 4.79 Å². The van der Waals surface area contributed by atoms with Gasteiger partial charge in [0.2, 0.25) is 5.82 Å². The zero-order chi connectivity index (χ0) is 25.9. The van der Waals surface area contributed by atoms with Crippen molar-refractivity contribution in [3.63, 3.8) is 0 Å². The third-order valence-electron chi connectivity index (χ3n) is 6.52. The summed E-state index contributed by atoms with van der Waals surface area (Å²) in [6.07, 6.45) is 0.928. The van der Waals surface area contributed by atoms with Crippen molar-refractivity contribution in [3.05, 3.63) is 95.5 Å². The highest BCUT2D eigenvalue weighted by Gasteiger charge is 2.36. The van der Waals surface area contributed by atoms with Crippen molar-refractivity contribution in [1.82, 2.24) is 15.5 Å². The highest BCUT2D eigenvalue weighted by molar-refractivity contribution is 6.01. The van der Waals surface area contributed by atoms with E-state index in [0.717, 1.165) is 28.9 Å². The van der Waals surface area contributed by atoms with Gasteiger partial charge >= 0.3 is 6.03 Å². The zero-order valence-electron chi connectivity index (χ0n) is 21.2. The third-order valence-corrected chi connectivity index (χ3v) is 6.52. The van der Waals surface area contributed by atoms with Gasteiger partial charge in [-0.15, -0.1) is 0 Å². The predicted octanol–water partition coefficient (Wildman–Crippen LogP) is 6.02. The summed E-state index contributed by atoms with van der Waals surface area (Å²) in [6, 6.07) is 22.3. The molecule has 5 rings (SSSR count). The van der Waals surface area contributed by atoms with E-state index in [-0.39, 0.29) is 6.03 Å². The Morgan fingerprint density at radius 2 is 1.70 bits per heavy atom. The number of hydrogen-bond donors (Lipinski definition) is 1. The van der Waals surface area contributed by atoms with Gasteiger partial charge in [0.25, 0.3) is 5.89 Å². The molecule has 0 bridgehead atoms. The van der Waals surface area contributed by atoms with E-state index in [1.165, 1.54) is 5.56 Å². The van der Waals surface area contributed by atoms with Gasteiger partial charge in [-0.05, 0) is 60.9 Å². The number of benzene rings is 3. The third kappa shape index (κ3) is 4.65. The quantitative estimate of drug-likeness (QED) is 0.337. The Kier molecular flexibility index (Phi) is 6.64. The Balaban J connectivity index is 1.62. The summed E-state index contributed by atoms with van der Waals surface area (Å²) < 4.78 is 16.4. The monoisotopic (exact) mass is 496 g/mol. The van der Waals surface area contributed by atoms with Crippen molar-refractivity contribution < 1.29 is 18.8 Å². The summed E-state index contributed by atoms with van der Waals surface area (Å²) in [5.74, 6) is 2.17. The topological polar surface area (TPSA) is 89.7 Å². The predicted molar refractivity (Wildman–Crippen MR) is 141 cm³/mol. The Labute approximate surface area is 215 Å². The summed E-state index contributed by atoms with van der Waals surface area (Å²) in [5.41, 5.74) is 5.01. The van der Waals surface area contributed by atoms with Crippen molar-refractivity contribution >= 4 is 17.3 Å². The number of nitrogens with one attached hydrogen (secondary N) is 1. The maximum Gasteiger partial charge on any atom is 0.327 e. The largest absolute Gasteiger partial charge is 0.497 e. The van der Waals surface area contributed by atoms with Crippen molar-refractivity contribution in [2.45, 2.75) is 26.3 Å². The van der Waals surface area contributed by atoms with Crippen molar-refractivity contribution in [3.8, 4) is 22.9 Å². The van der Waals surface area contributed by atoms with E-state index >= 15 is 0 Å². The minimum absolute atomic E-state index is 0.256. The maximum absolute atomic E-state index is 13.4. The molecule has 0 radical (unpaired) electrons. The molecule has 1 atom stereocenters. The molecule has 188 valence electrons. The summed E-state index contributed by atoms with van der Waals surface area (Å²) in [7, 11) is 3.22. The fraction of sp³-hybridized carbons (Fsp3) is 0.207. The SMILES string of the molecule is CCc1ccc(C2NC(=O)N(c3cccc(OC)c3)C(C)=C2c2nc(-c3ccc(OC)cc3)no2)cc1. The number of rotatable bonds is 7. The molecule has 3 aromatic carbocycles. The Morgan fingerprint density at radius 3 is 2.38 bits per heavy atom. The molecule has 0 fully saturated rings. The standard InChI is InChI=1S/C29H28N4O4/c1-5-19-9-11-20(12-10-19)26-25(28-31-27(32-37-28)21-13-15-23(35-3)16-14-21)18(2)33(29(34)30-26)22-7-6-8-24(17-22)36-4/h6-17,26H,5H2,1-4H3,(H,30,34). The molecular weight excluding hydrogens is 468 g/mol. The van der Waals surface area contributed by atoms with Crippen LogP contribution in [-0.4, -0.2) is 30.4 Å². The van der Waals surface area contributed by atoms with Crippen LogP contribution in [0.3, 0.4) is 0 Å². The molecule has 2 heterocycles. The van der Waals surface area contributed by atoms with Gasteiger partial charge in [-0.2, -0.15) is 4.98 Å². The molecule has 0 saturated carbocycles. The first-order chi connectivity index (χ1) is 18.0. The normalized spacial score (nSPS) is 15.5. The molecule has 2 amide bonds. The second kappa shape index (κ2) is 10.2. The van der Waals surface area contributed by atoms with Crippen molar-refractivity contribution in [2.75, 3.05) is 19.1 Å². The van der Waals surface area contributed by atoms with Gasteiger partial charge in [-0.3, -0.25) is 4.90 Å². The fourth-order valence-corrected chi connectivity index (χ4v) is 4.47. The fourth-order valence-electron chi connectivity index (χ4n) is 4.47. The van der Waals surface area contributed by atoms with Crippen LogP contribution >= 0.6 is 0 Å². The van der Waals surface area contributed by atoms with Crippen LogP contribution in [0.25, 0.3) is 17.0 Å². The van der Waals surface area contributed by atoms with Gasteiger partial charge in [-0.25, -0.2) is 4.79 Å². The summed E-state index contributed by atoms with van der Waals surface area (Å²) in [4.78, 5) is 19.8. The molecular formula is C29H28N4O4. The molecule has 1 aromatic heterocycles. The van der Waals surface area contributed by atoms with E-state index in [1.54, 1.807) is 19.1 Å². The molecule has 37 heavy (non-hydrogen) atoms. The number of hydrogen-bond acceptors (Lipinski definition) is 6. The Hall–Kier alpha value is -4.59. The highest BCUT2D eigenvalue weighted by Crippen LogP contribution is 2.39. The molecule has 1 aliphatic heterocycles.